The van der Waals surface area contributed by atoms with Gasteiger partial charge in [0.05, 0.1) is 11.7 Å². The number of benzene rings is 1. The van der Waals surface area contributed by atoms with Crippen LogP contribution in [-0.2, 0) is 16.7 Å². The van der Waals surface area contributed by atoms with Gasteiger partial charge in [-0.05, 0) is 41.0 Å². The number of alkyl halides is 3. The summed E-state index contributed by atoms with van der Waals surface area (Å²) in [5.41, 5.74) is -6.16. The van der Waals surface area contributed by atoms with Gasteiger partial charge < -0.3 is 19.2 Å². The maximum absolute atomic E-state index is 13.7. The molecule has 8 nitrogen and oxygen atoms in total. The number of amides is 1. The van der Waals surface area contributed by atoms with E-state index in [1.54, 1.807) is 38.3 Å². The highest BCUT2D eigenvalue weighted by atomic mass is 32.2. The summed E-state index contributed by atoms with van der Waals surface area (Å²) < 4.78 is 68.0. The number of pyridine rings is 1. The zero-order chi connectivity index (χ0) is 27.9. The number of fused-ring (bicyclic) bond motifs is 1. The van der Waals surface area contributed by atoms with Gasteiger partial charge in [0.15, 0.2) is 0 Å². The molecule has 0 radical (unpaired) electrons. The Hall–Kier alpha value is -3.06. The van der Waals surface area contributed by atoms with Crippen molar-refractivity contribution in [3.63, 3.8) is 0 Å². The molecule has 2 heterocycles. The maximum atomic E-state index is 13.7. The molecule has 0 bridgehead atoms. The third kappa shape index (κ3) is 5.93. The molecule has 202 valence electrons. The zero-order valence-electron chi connectivity index (χ0n) is 20.7. The SMILES string of the molecule is CC(C)Cn1c(C(NC(=O)O)C(C)(C)C)c(-c2cccs2)c2cc(OS(=O)(=O)C(F)(F)F)ccc2c1=O. The van der Waals surface area contributed by atoms with Gasteiger partial charge in [0.1, 0.15) is 5.75 Å². The maximum Gasteiger partial charge on any atom is 0.534 e. The summed E-state index contributed by atoms with van der Waals surface area (Å²) in [6.07, 6.45) is -1.32. The highest BCUT2D eigenvalue weighted by Crippen LogP contribution is 2.43. The number of hydrogen-bond acceptors (Lipinski definition) is 6. The molecule has 3 rings (SSSR count). The number of aromatic nitrogens is 1. The van der Waals surface area contributed by atoms with Crippen LogP contribution in [0.3, 0.4) is 0 Å². The molecular formula is C24H27F3N2O6S2. The first-order chi connectivity index (χ1) is 16.9. The molecule has 0 saturated heterocycles. The fourth-order valence-corrected chi connectivity index (χ4v) is 5.26. The van der Waals surface area contributed by atoms with Crippen molar-refractivity contribution in [3.05, 3.63) is 51.8 Å². The van der Waals surface area contributed by atoms with Crippen LogP contribution < -0.4 is 15.1 Å². The minimum Gasteiger partial charge on any atom is -0.465 e. The second-order valence-electron chi connectivity index (χ2n) is 9.99. The van der Waals surface area contributed by atoms with Crippen LogP contribution in [0.4, 0.5) is 18.0 Å². The lowest BCUT2D eigenvalue weighted by atomic mass is 9.81. The van der Waals surface area contributed by atoms with Crippen molar-refractivity contribution in [2.75, 3.05) is 0 Å². The van der Waals surface area contributed by atoms with Gasteiger partial charge >= 0.3 is 21.7 Å². The van der Waals surface area contributed by atoms with Crippen LogP contribution in [0.2, 0.25) is 0 Å². The van der Waals surface area contributed by atoms with Crippen LogP contribution >= 0.6 is 11.3 Å². The van der Waals surface area contributed by atoms with Crippen molar-refractivity contribution in [1.29, 1.82) is 0 Å². The smallest absolute Gasteiger partial charge is 0.465 e. The number of nitrogens with zero attached hydrogens (tertiary/aromatic N) is 1. The largest absolute Gasteiger partial charge is 0.534 e. The molecule has 37 heavy (non-hydrogen) atoms. The molecule has 0 aliphatic heterocycles. The lowest BCUT2D eigenvalue weighted by molar-refractivity contribution is -0.0500. The molecule has 0 saturated carbocycles. The molecule has 1 amide bonds. The van der Waals surface area contributed by atoms with Gasteiger partial charge in [-0.15, -0.1) is 11.3 Å². The Kier molecular flexibility index (Phi) is 7.71. The summed E-state index contributed by atoms with van der Waals surface area (Å²) in [6, 6.07) is 5.82. The molecule has 1 atom stereocenters. The topological polar surface area (TPSA) is 115 Å². The van der Waals surface area contributed by atoms with Crippen LogP contribution in [0.15, 0.2) is 40.5 Å². The monoisotopic (exact) mass is 560 g/mol. The van der Waals surface area contributed by atoms with E-state index >= 15 is 0 Å². The van der Waals surface area contributed by atoms with Gasteiger partial charge in [-0.1, -0.05) is 40.7 Å². The summed E-state index contributed by atoms with van der Waals surface area (Å²) in [5, 5.41) is 14.2. The third-order valence-electron chi connectivity index (χ3n) is 5.49. The van der Waals surface area contributed by atoms with Gasteiger partial charge in [-0.3, -0.25) is 4.79 Å². The highest BCUT2D eigenvalue weighted by Gasteiger charge is 2.48. The average molecular weight is 561 g/mol. The highest BCUT2D eigenvalue weighted by molar-refractivity contribution is 7.88. The molecule has 0 fully saturated rings. The molecule has 0 spiro atoms. The average Bonchev–Trinajstić information content (AvgIpc) is 3.26. The van der Waals surface area contributed by atoms with Gasteiger partial charge in [-0.25, -0.2) is 4.79 Å². The zero-order valence-corrected chi connectivity index (χ0v) is 22.3. The van der Waals surface area contributed by atoms with E-state index in [0.29, 0.717) is 16.1 Å². The van der Waals surface area contributed by atoms with Gasteiger partial charge in [-0.2, -0.15) is 21.6 Å². The van der Waals surface area contributed by atoms with Crippen molar-refractivity contribution in [2.24, 2.45) is 11.3 Å². The molecular weight excluding hydrogens is 533 g/mol. The number of carbonyl (C=O) groups is 1. The minimum absolute atomic E-state index is 0.0185. The van der Waals surface area contributed by atoms with Gasteiger partial charge in [0, 0.05) is 27.8 Å². The van der Waals surface area contributed by atoms with Crippen LogP contribution in [0.1, 0.15) is 46.4 Å². The summed E-state index contributed by atoms with van der Waals surface area (Å²) in [6.45, 7) is 9.37. The van der Waals surface area contributed by atoms with E-state index < -0.39 is 44.5 Å². The normalized spacial score (nSPS) is 13.6. The van der Waals surface area contributed by atoms with E-state index in [0.717, 1.165) is 12.1 Å². The second kappa shape index (κ2) is 10.0. The van der Waals surface area contributed by atoms with Crippen molar-refractivity contribution in [2.45, 2.75) is 52.7 Å². The molecule has 1 aromatic carbocycles. The second-order valence-corrected chi connectivity index (χ2v) is 12.5. The molecule has 3 aromatic rings. The molecule has 0 aliphatic carbocycles. The third-order valence-corrected chi connectivity index (χ3v) is 7.36. The number of thiophene rings is 1. The fraction of sp³-hybridized carbons (Fsp3) is 0.417. The van der Waals surface area contributed by atoms with Crippen LogP contribution in [0, 0.1) is 11.3 Å². The van der Waals surface area contributed by atoms with E-state index in [-0.39, 0.29) is 23.2 Å². The summed E-state index contributed by atoms with van der Waals surface area (Å²) in [7, 11) is -5.96. The van der Waals surface area contributed by atoms with Crippen molar-refractivity contribution < 1.29 is 35.7 Å². The Morgan fingerprint density at radius 3 is 2.30 bits per heavy atom. The van der Waals surface area contributed by atoms with E-state index in [9.17, 15) is 36.3 Å². The lowest BCUT2D eigenvalue weighted by Crippen LogP contribution is -2.40. The number of nitrogens with one attached hydrogen (secondary N) is 1. The lowest BCUT2D eigenvalue weighted by Gasteiger charge is -2.35. The van der Waals surface area contributed by atoms with Crippen LogP contribution in [-0.4, -0.2) is 29.7 Å². The quantitative estimate of drug-likeness (QED) is 0.272. The molecule has 1 unspecified atom stereocenters. The Labute approximate surface area is 215 Å². The number of hydrogen-bond donors (Lipinski definition) is 2. The van der Waals surface area contributed by atoms with Crippen molar-refractivity contribution in [1.82, 2.24) is 9.88 Å². The van der Waals surface area contributed by atoms with E-state index in [2.05, 4.69) is 9.50 Å². The molecule has 0 aliphatic rings. The molecule has 13 heteroatoms. The fourth-order valence-electron chi connectivity index (χ4n) is 4.02. The standard InChI is InChI=1S/C24H27F3N2O6S2/c1-13(2)12-29-19(20(23(3,4)5)28-22(31)32)18(17-7-6-10-36-17)16-11-14(8-9-15(16)21(29)30)35-37(33,34)24(25,26)27/h6-11,13,20,28H,12H2,1-5H3,(H,31,32). The Morgan fingerprint density at radius 2 is 1.81 bits per heavy atom. The molecule has 2 N–H and O–H groups in total. The number of carboxylic acid groups (broad SMARTS) is 1. The summed E-state index contributed by atoms with van der Waals surface area (Å²) in [5.74, 6) is -0.650. The first-order valence-corrected chi connectivity index (χ1v) is 13.5. The van der Waals surface area contributed by atoms with E-state index in [4.69, 9.17) is 0 Å². The first-order valence-electron chi connectivity index (χ1n) is 11.2. The predicted molar refractivity (Wildman–Crippen MR) is 135 cm³/mol. The van der Waals surface area contributed by atoms with Crippen LogP contribution in [0.5, 0.6) is 5.75 Å². The number of rotatable bonds is 7. The molecule has 2 aromatic heterocycles. The van der Waals surface area contributed by atoms with E-state index in [1.165, 1.54) is 22.0 Å². The minimum atomic E-state index is -5.96. The number of halogens is 3. The summed E-state index contributed by atoms with van der Waals surface area (Å²) >= 11 is 1.28. The van der Waals surface area contributed by atoms with Crippen molar-refractivity contribution >= 4 is 38.3 Å². The van der Waals surface area contributed by atoms with Gasteiger partial charge in [0.2, 0.25) is 0 Å². The van der Waals surface area contributed by atoms with Crippen LogP contribution in [0.25, 0.3) is 21.2 Å². The Bertz CT molecular complexity index is 1470. The predicted octanol–water partition coefficient (Wildman–Crippen LogP) is 5.97. The van der Waals surface area contributed by atoms with Gasteiger partial charge in [0.25, 0.3) is 5.56 Å². The Balaban J connectivity index is 2.51. The first kappa shape index (κ1) is 28.5. The van der Waals surface area contributed by atoms with Crippen molar-refractivity contribution in [3.8, 4) is 16.2 Å². The van der Waals surface area contributed by atoms with E-state index in [1.807, 2.05) is 13.8 Å². The summed E-state index contributed by atoms with van der Waals surface area (Å²) in [4.78, 5) is 26.2. The Morgan fingerprint density at radius 1 is 1.16 bits per heavy atom.